The molecular formula is C27H29Cl2NO4S. The minimum absolute atomic E-state index is 0.223. The minimum Gasteiger partial charge on any atom is -0.490 e. The highest BCUT2D eigenvalue weighted by Crippen LogP contribution is 2.38. The van der Waals surface area contributed by atoms with Crippen LogP contribution in [0.2, 0.25) is 10.0 Å². The van der Waals surface area contributed by atoms with Crippen molar-refractivity contribution in [2.24, 2.45) is 0 Å². The number of aryl methyl sites for hydroxylation is 1. The number of ether oxygens (including phenoxy) is 2. The maximum atomic E-state index is 13.1. The summed E-state index contributed by atoms with van der Waals surface area (Å²) >= 11 is 14.0. The van der Waals surface area contributed by atoms with Gasteiger partial charge in [0.05, 0.1) is 23.3 Å². The third-order valence-electron chi connectivity index (χ3n) is 5.36. The number of rotatable bonds is 11. The summed E-state index contributed by atoms with van der Waals surface area (Å²) in [5.74, 6) is -0.569. The maximum absolute atomic E-state index is 13.1. The zero-order chi connectivity index (χ0) is 25.4. The normalized spacial score (nSPS) is 10.8. The number of halogens is 2. The fourth-order valence-corrected chi connectivity index (χ4v) is 5.06. The molecule has 0 saturated heterocycles. The molecule has 1 amide bonds. The molecule has 186 valence electrons. The van der Waals surface area contributed by atoms with Crippen LogP contribution >= 0.6 is 34.5 Å². The SMILES string of the molecule is CCCCCCOc1c(Cl)cc(C(=O)Nc2scc(-c3ccc(C)cc3)c2C(=O)OCC)cc1Cl. The molecule has 0 aliphatic heterocycles. The molecule has 1 aromatic heterocycles. The standard InChI is InChI=1S/C27H29Cl2NO4S/c1-4-6-7-8-13-34-24-21(28)14-19(15-22(24)29)25(31)30-26-23(27(32)33-5-2)20(16-35-26)18-11-9-17(3)10-12-18/h9-12,14-16H,4-8,13H2,1-3H3,(H,30,31). The van der Waals surface area contributed by atoms with Gasteiger partial charge >= 0.3 is 5.97 Å². The van der Waals surface area contributed by atoms with Crippen LogP contribution in [0.4, 0.5) is 5.00 Å². The van der Waals surface area contributed by atoms with Gasteiger partial charge in [0.1, 0.15) is 10.6 Å². The van der Waals surface area contributed by atoms with Crippen LogP contribution in [0.1, 0.15) is 65.8 Å². The van der Waals surface area contributed by atoms with Gasteiger partial charge in [-0.2, -0.15) is 0 Å². The molecule has 0 aliphatic rings. The molecule has 1 N–H and O–H groups in total. The first kappa shape index (κ1) is 27.1. The fraction of sp³-hybridized carbons (Fsp3) is 0.333. The number of hydrogen-bond donors (Lipinski definition) is 1. The van der Waals surface area contributed by atoms with Crippen LogP contribution in [0, 0.1) is 6.92 Å². The van der Waals surface area contributed by atoms with E-state index in [0.717, 1.165) is 36.8 Å². The van der Waals surface area contributed by atoms with Gasteiger partial charge in [0.25, 0.3) is 5.91 Å². The quantitative estimate of drug-likeness (QED) is 0.198. The Kier molecular flexibility index (Phi) is 10.0. The van der Waals surface area contributed by atoms with Gasteiger partial charge in [0.2, 0.25) is 0 Å². The number of benzene rings is 2. The molecule has 3 aromatic rings. The first-order valence-corrected chi connectivity index (χ1v) is 13.3. The summed E-state index contributed by atoms with van der Waals surface area (Å²) in [6.07, 6.45) is 4.26. The number of unbranched alkanes of at least 4 members (excludes halogenated alkanes) is 3. The van der Waals surface area contributed by atoms with Crippen LogP contribution in [0.3, 0.4) is 0 Å². The van der Waals surface area contributed by atoms with Gasteiger partial charge in [-0.05, 0) is 38.0 Å². The van der Waals surface area contributed by atoms with Crippen molar-refractivity contribution in [1.29, 1.82) is 0 Å². The lowest BCUT2D eigenvalue weighted by Gasteiger charge is -2.12. The van der Waals surface area contributed by atoms with E-state index in [4.69, 9.17) is 32.7 Å². The summed E-state index contributed by atoms with van der Waals surface area (Å²) in [6.45, 7) is 6.61. The minimum atomic E-state index is -0.498. The molecule has 5 nitrogen and oxygen atoms in total. The van der Waals surface area contributed by atoms with Crippen molar-refractivity contribution in [2.75, 3.05) is 18.5 Å². The second-order valence-electron chi connectivity index (χ2n) is 8.07. The lowest BCUT2D eigenvalue weighted by atomic mass is 10.0. The molecule has 0 fully saturated rings. The van der Waals surface area contributed by atoms with Crippen LogP contribution in [0.15, 0.2) is 41.8 Å². The lowest BCUT2D eigenvalue weighted by molar-refractivity contribution is 0.0529. The monoisotopic (exact) mass is 533 g/mol. The largest absolute Gasteiger partial charge is 0.490 e. The molecule has 35 heavy (non-hydrogen) atoms. The number of hydrogen-bond acceptors (Lipinski definition) is 5. The predicted octanol–water partition coefficient (Wildman–Crippen LogP) is 8.42. The Labute approximate surface area is 220 Å². The Bertz CT molecular complexity index is 1150. The van der Waals surface area contributed by atoms with Crippen molar-refractivity contribution in [3.63, 3.8) is 0 Å². The van der Waals surface area contributed by atoms with Crippen molar-refractivity contribution < 1.29 is 19.1 Å². The van der Waals surface area contributed by atoms with Crippen molar-refractivity contribution in [3.8, 4) is 16.9 Å². The van der Waals surface area contributed by atoms with Crippen molar-refractivity contribution in [2.45, 2.75) is 46.5 Å². The number of carbonyl (C=O) groups is 2. The Morgan fingerprint density at radius 3 is 2.31 bits per heavy atom. The number of thiophene rings is 1. The highest BCUT2D eigenvalue weighted by Gasteiger charge is 2.24. The van der Waals surface area contributed by atoms with Crippen molar-refractivity contribution >= 4 is 51.4 Å². The molecule has 2 aromatic carbocycles. The molecular weight excluding hydrogens is 505 g/mol. The third kappa shape index (κ3) is 7.00. The molecule has 0 atom stereocenters. The highest BCUT2D eigenvalue weighted by atomic mass is 35.5. The van der Waals surface area contributed by atoms with Crippen LogP contribution in [0.5, 0.6) is 5.75 Å². The van der Waals surface area contributed by atoms with Gasteiger partial charge in [-0.1, -0.05) is 79.2 Å². The lowest BCUT2D eigenvalue weighted by Crippen LogP contribution is -2.15. The van der Waals surface area contributed by atoms with Gasteiger partial charge in [-0.15, -0.1) is 11.3 Å². The van der Waals surface area contributed by atoms with E-state index in [0.29, 0.717) is 28.5 Å². The van der Waals surface area contributed by atoms with E-state index in [1.54, 1.807) is 6.92 Å². The second-order valence-corrected chi connectivity index (χ2v) is 9.77. The first-order chi connectivity index (χ1) is 16.8. The number of nitrogens with one attached hydrogen (secondary N) is 1. The average molecular weight is 535 g/mol. The number of esters is 1. The molecule has 3 rings (SSSR count). The topological polar surface area (TPSA) is 64.6 Å². The van der Waals surface area contributed by atoms with Crippen molar-refractivity contribution in [3.05, 3.63) is 68.5 Å². The number of carbonyl (C=O) groups excluding carboxylic acids is 2. The summed E-state index contributed by atoms with van der Waals surface area (Å²) in [7, 11) is 0. The Morgan fingerprint density at radius 2 is 1.69 bits per heavy atom. The predicted molar refractivity (Wildman–Crippen MR) is 145 cm³/mol. The molecule has 0 spiro atoms. The van der Waals surface area contributed by atoms with E-state index in [9.17, 15) is 9.59 Å². The van der Waals surface area contributed by atoms with Crippen LogP contribution in [-0.2, 0) is 4.74 Å². The van der Waals surface area contributed by atoms with Crippen LogP contribution < -0.4 is 10.1 Å². The Hall–Kier alpha value is -2.54. The zero-order valence-corrected chi connectivity index (χ0v) is 22.4. The van der Waals surface area contributed by atoms with Gasteiger partial charge in [-0.3, -0.25) is 4.79 Å². The summed E-state index contributed by atoms with van der Waals surface area (Å²) < 4.78 is 11.0. The molecule has 1 heterocycles. The smallest absolute Gasteiger partial charge is 0.341 e. The Balaban J connectivity index is 1.82. The number of anilines is 1. The summed E-state index contributed by atoms with van der Waals surface area (Å²) in [6, 6.07) is 10.8. The molecule has 0 unspecified atom stereocenters. The average Bonchev–Trinajstić information content (AvgIpc) is 3.24. The van der Waals surface area contributed by atoms with Crippen LogP contribution in [0.25, 0.3) is 11.1 Å². The van der Waals surface area contributed by atoms with Gasteiger partial charge in [0.15, 0.2) is 5.75 Å². The fourth-order valence-electron chi connectivity index (χ4n) is 3.51. The third-order valence-corrected chi connectivity index (χ3v) is 6.82. The molecule has 0 saturated carbocycles. The first-order valence-electron chi connectivity index (χ1n) is 11.6. The number of amides is 1. The van der Waals surface area contributed by atoms with Gasteiger partial charge < -0.3 is 14.8 Å². The highest BCUT2D eigenvalue weighted by molar-refractivity contribution is 7.15. The summed E-state index contributed by atoms with van der Waals surface area (Å²) in [5.41, 5.74) is 3.25. The van der Waals surface area contributed by atoms with E-state index in [1.165, 1.54) is 23.5 Å². The second kappa shape index (κ2) is 13.0. The summed E-state index contributed by atoms with van der Waals surface area (Å²) in [5, 5.41) is 5.58. The zero-order valence-electron chi connectivity index (χ0n) is 20.1. The molecule has 0 radical (unpaired) electrons. The molecule has 8 heteroatoms. The van der Waals surface area contributed by atoms with Crippen LogP contribution in [-0.4, -0.2) is 25.1 Å². The molecule has 0 aliphatic carbocycles. The van der Waals surface area contributed by atoms with Gasteiger partial charge in [-0.25, -0.2) is 4.79 Å². The summed E-state index contributed by atoms with van der Waals surface area (Å²) in [4.78, 5) is 25.9. The van der Waals surface area contributed by atoms with E-state index in [-0.39, 0.29) is 22.2 Å². The van der Waals surface area contributed by atoms with Gasteiger partial charge in [0, 0.05) is 16.5 Å². The van der Waals surface area contributed by atoms with E-state index < -0.39 is 11.9 Å². The van der Waals surface area contributed by atoms with E-state index in [1.807, 2.05) is 36.6 Å². The van der Waals surface area contributed by atoms with Crippen molar-refractivity contribution in [1.82, 2.24) is 0 Å². The van der Waals surface area contributed by atoms with E-state index in [2.05, 4.69) is 12.2 Å². The maximum Gasteiger partial charge on any atom is 0.341 e. The molecule has 0 bridgehead atoms. The Morgan fingerprint density at radius 1 is 1.00 bits per heavy atom. The van der Waals surface area contributed by atoms with E-state index >= 15 is 0 Å².